The van der Waals surface area contributed by atoms with Crippen molar-refractivity contribution in [2.24, 2.45) is 0 Å². The molecule has 1 rings (SSSR count). The quantitative estimate of drug-likeness (QED) is 0.416. The highest BCUT2D eigenvalue weighted by atomic mass is 19.3. The van der Waals surface area contributed by atoms with Crippen LogP contribution in [0.2, 0.25) is 0 Å². The van der Waals surface area contributed by atoms with Crippen molar-refractivity contribution in [1.82, 2.24) is 16.0 Å². The van der Waals surface area contributed by atoms with Gasteiger partial charge in [-0.1, -0.05) is 36.4 Å². The number of hydrogen-bond donors (Lipinski definition) is 3. The number of amides is 3. The third-order valence-corrected chi connectivity index (χ3v) is 4.16. The fourth-order valence-corrected chi connectivity index (χ4v) is 2.68. The smallest absolute Gasteiger partial charge is 0.408 e. The van der Waals surface area contributed by atoms with Crippen LogP contribution in [0.4, 0.5) is 13.6 Å². The predicted octanol–water partition coefficient (Wildman–Crippen LogP) is 2.46. The molecule has 11 heteroatoms. The molecule has 0 heterocycles. The SMILES string of the molecule is COC(=O)C(Cc1ccccc1)NC(=O)[C@H](CC(=O)N/C=C\CC(F)F)NC(=O)OC(C)(C)C. The van der Waals surface area contributed by atoms with Crippen LogP contribution in [0.15, 0.2) is 42.6 Å². The van der Waals surface area contributed by atoms with Gasteiger partial charge in [-0.2, -0.15) is 0 Å². The lowest BCUT2D eigenvalue weighted by molar-refractivity contribution is -0.145. The van der Waals surface area contributed by atoms with Gasteiger partial charge in [0.1, 0.15) is 17.7 Å². The molecule has 3 N–H and O–H groups in total. The minimum absolute atomic E-state index is 0.112. The summed E-state index contributed by atoms with van der Waals surface area (Å²) in [4.78, 5) is 49.6. The number of methoxy groups -OCH3 is 1. The third kappa shape index (κ3) is 11.9. The molecule has 3 amide bonds. The number of esters is 1. The molecular formula is C23H31F2N3O6. The molecule has 1 unspecified atom stereocenters. The van der Waals surface area contributed by atoms with Gasteiger partial charge in [-0.3, -0.25) is 9.59 Å². The first kappa shape index (κ1) is 28.5. The van der Waals surface area contributed by atoms with Crippen LogP contribution >= 0.6 is 0 Å². The summed E-state index contributed by atoms with van der Waals surface area (Å²) in [7, 11) is 1.17. The largest absolute Gasteiger partial charge is 0.467 e. The van der Waals surface area contributed by atoms with E-state index in [1.165, 1.54) is 7.11 Å². The number of allylic oxidation sites excluding steroid dienone is 1. The fraction of sp³-hybridized carbons (Fsp3) is 0.478. The average molecular weight is 484 g/mol. The van der Waals surface area contributed by atoms with Crippen molar-refractivity contribution < 1.29 is 37.4 Å². The molecule has 0 aliphatic rings. The van der Waals surface area contributed by atoms with Crippen LogP contribution in [0, 0.1) is 0 Å². The van der Waals surface area contributed by atoms with Crippen LogP contribution in [0.3, 0.4) is 0 Å². The highest BCUT2D eigenvalue weighted by Crippen LogP contribution is 2.09. The highest BCUT2D eigenvalue weighted by molar-refractivity contribution is 5.93. The Bertz CT molecular complexity index is 856. The van der Waals surface area contributed by atoms with Crippen molar-refractivity contribution in [3.8, 4) is 0 Å². The van der Waals surface area contributed by atoms with E-state index in [-0.39, 0.29) is 6.42 Å². The minimum Gasteiger partial charge on any atom is -0.467 e. The van der Waals surface area contributed by atoms with Crippen LogP contribution in [-0.2, 0) is 30.3 Å². The molecule has 1 aromatic carbocycles. The Morgan fingerprint density at radius 2 is 1.68 bits per heavy atom. The number of benzene rings is 1. The molecule has 1 aromatic rings. The van der Waals surface area contributed by atoms with Gasteiger partial charge in [0.05, 0.1) is 13.5 Å². The van der Waals surface area contributed by atoms with E-state index in [4.69, 9.17) is 9.47 Å². The number of carbonyl (C=O) groups excluding carboxylic acids is 4. The summed E-state index contributed by atoms with van der Waals surface area (Å²) in [6, 6.07) is 6.35. The number of carbonyl (C=O) groups is 4. The molecule has 188 valence electrons. The van der Waals surface area contributed by atoms with E-state index < -0.39 is 60.8 Å². The van der Waals surface area contributed by atoms with Crippen molar-refractivity contribution in [3.05, 3.63) is 48.2 Å². The first-order valence-corrected chi connectivity index (χ1v) is 10.6. The maximum absolute atomic E-state index is 12.9. The predicted molar refractivity (Wildman–Crippen MR) is 120 cm³/mol. The van der Waals surface area contributed by atoms with E-state index in [0.717, 1.165) is 17.8 Å². The maximum atomic E-state index is 12.9. The van der Waals surface area contributed by atoms with E-state index in [2.05, 4.69) is 16.0 Å². The van der Waals surface area contributed by atoms with Gasteiger partial charge in [0, 0.05) is 12.8 Å². The van der Waals surface area contributed by atoms with E-state index in [1.807, 2.05) is 0 Å². The number of halogens is 2. The topological polar surface area (TPSA) is 123 Å². The van der Waals surface area contributed by atoms with Crippen molar-refractivity contribution in [2.45, 2.75) is 64.1 Å². The number of nitrogens with one attached hydrogen (secondary N) is 3. The van der Waals surface area contributed by atoms with E-state index in [9.17, 15) is 28.0 Å². The monoisotopic (exact) mass is 483 g/mol. The van der Waals surface area contributed by atoms with Crippen LogP contribution in [0.1, 0.15) is 39.2 Å². The Hall–Kier alpha value is -3.50. The van der Waals surface area contributed by atoms with Gasteiger partial charge in [0.2, 0.25) is 18.2 Å². The zero-order valence-electron chi connectivity index (χ0n) is 19.6. The van der Waals surface area contributed by atoms with Gasteiger partial charge in [-0.25, -0.2) is 18.4 Å². The van der Waals surface area contributed by atoms with Gasteiger partial charge in [-0.05, 0) is 32.5 Å². The van der Waals surface area contributed by atoms with Gasteiger partial charge >= 0.3 is 12.1 Å². The lowest BCUT2D eigenvalue weighted by atomic mass is 10.0. The molecule has 2 atom stereocenters. The molecule has 0 radical (unpaired) electrons. The second-order valence-corrected chi connectivity index (χ2v) is 8.27. The zero-order chi connectivity index (χ0) is 25.7. The second-order valence-electron chi connectivity index (χ2n) is 8.27. The molecular weight excluding hydrogens is 452 g/mol. The molecule has 9 nitrogen and oxygen atoms in total. The summed E-state index contributed by atoms with van der Waals surface area (Å²) in [6.07, 6.45) is -2.41. The zero-order valence-corrected chi connectivity index (χ0v) is 19.6. The van der Waals surface area contributed by atoms with Crippen molar-refractivity contribution >= 4 is 23.9 Å². The van der Waals surface area contributed by atoms with Crippen LogP contribution in [0.5, 0.6) is 0 Å². The molecule has 0 aliphatic heterocycles. The van der Waals surface area contributed by atoms with E-state index in [0.29, 0.717) is 0 Å². The third-order valence-electron chi connectivity index (χ3n) is 4.16. The van der Waals surface area contributed by atoms with Gasteiger partial charge in [0.25, 0.3) is 0 Å². The first-order chi connectivity index (χ1) is 15.9. The molecule has 0 bridgehead atoms. The molecule has 0 fully saturated rings. The van der Waals surface area contributed by atoms with Crippen molar-refractivity contribution in [3.63, 3.8) is 0 Å². The summed E-state index contributed by atoms with van der Waals surface area (Å²) in [6.45, 7) is 4.86. The minimum atomic E-state index is -2.57. The normalized spacial score (nSPS) is 13.1. The lowest BCUT2D eigenvalue weighted by Crippen LogP contribution is -2.54. The summed E-state index contributed by atoms with van der Waals surface area (Å²) in [5, 5.41) is 7.06. The Labute approximate surface area is 197 Å². The van der Waals surface area contributed by atoms with Crippen LogP contribution < -0.4 is 16.0 Å². The summed E-state index contributed by atoms with van der Waals surface area (Å²) in [5.41, 5.74) is -0.121. The number of hydrogen-bond acceptors (Lipinski definition) is 6. The fourth-order valence-electron chi connectivity index (χ4n) is 2.68. The molecule has 0 spiro atoms. The Morgan fingerprint density at radius 3 is 2.24 bits per heavy atom. The maximum Gasteiger partial charge on any atom is 0.408 e. The molecule has 0 aliphatic carbocycles. The Balaban J connectivity index is 2.96. The first-order valence-electron chi connectivity index (χ1n) is 10.6. The van der Waals surface area contributed by atoms with Crippen LogP contribution in [-0.4, -0.2) is 55.1 Å². The van der Waals surface area contributed by atoms with Crippen molar-refractivity contribution in [1.29, 1.82) is 0 Å². The molecule has 0 saturated carbocycles. The van der Waals surface area contributed by atoms with E-state index >= 15 is 0 Å². The van der Waals surface area contributed by atoms with Gasteiger partial charge < -0.3 is 25.4 Å². The van der Waals surface area contributed by atoms with Crippen LogP contribution in [0.25, 0.3) is 0 Å². The van der Waals surface area contributed by atoms with E-state index in [1.54, 1.807) is 51.1 Å². The van der Waals surface area contributed by atoms with Crippen molar-refractivity contribution in [2.75, 3.05) is 7.11 Å². The van der Waals surface area contributed by atoms with Gasteiger partial charge in [0.15, 0.2) is 0 Å². The van der Waals surface area contributed by atoms with Gasteiger partial charge in [-0.15, -0.1) is 0 Å². The Kier molecular flexibility index (Phi) is 11.7. The summed E-state index contributed by atoms with van der Waals surface area (Å²) >= 11 is 0. The average Bonchev–Trinajstić information content (AvgIpc) is 2.74. The molecule has 0 saturated heterocycles. The molecule has 0 aromatic heterocycles. The second kappa shape index (κ2) is 13.9. The molecule has 34 heavy (non-hydrogen) atoms. The highest BCUT2D eigenvalue weighted by Gasteiger charge is 2.30. The summed E-state index contributed by atoms with van der Waals surface area (Å²) < 4.78 is 34.3. The number of alkyl carbamates (subject to hydrolysis) is 1. The number of alkyl halides is 2. The standard InChI is InChI=1S/C23H31F2N3O6/c1-23(2,3)34-22(32)28-16(14-19(29)26-12-8-11-18(24)25)20(30)27-17(21(31)33-4)13-15-9-6-5-7-10-15/h5-10,12,16-18H,11,13-14H2,1-4H3,(H,26,29)(H,27,30)(H,28,32)/b12-8-/t16-,17?/m0/s1. The lowest BCUT2D eigenvalue weighted by Gasteiger charge is -2.24. The summed E-state index contributed by atoms with van der Waals surface area (Å²) in [5.74, 6) is -2.27. The number of rotatable bonds is 11. The Morgan fingerprint density at radius 1 is 1.03 bits per heavy atom. The number of ether oxygens (including phenoxy) is 2.